The molecule has 5 heteroatoms. The third-order valence-electron chi connectivity index (χ3n) is 6.08. The van der Waals surface area contributed by atoms with E-state index in [9.17, 15) is 0 Å². The Morgan fingerprint density at radius 1 is 0.600 bits per heavy atom. The molecule has 3 N–H and O–H groups in total. The number of hydrogen-bond donors (Lipinski definition) is 3. The minimum absolute atomic E-state index is 0. The Kier molecular flexibility index (Phi) is 14.5. The predicted molar refractivity (Wildman–Crippen MR) is 147 cm³/mol. The van der Waals surface area contributed by atoms with Crippen molar-refractivity contribution >= 4 is 8.07 Å². The van der Waals surface area contributed by atoms with E-state index >= 15 is 0 Å². The summed E-state index contributed by atoms with van der Waals surface area (Å²) >= 11 is 0. The molecule has 186 valence electrons. The van der Waals surface area contributed by atoms with Crippen LogP contribution in [-0.2, 0) is 26.2 Å². The number of para-hydroxylation sites is 3. The molecule has 35 heavy (non-hydrogen) atoms. The first-order chi connectivity index (χ1) is 15.9. The maximum absolute atomic E-state index is 8.63. The van der Waals surface area contributed by atoms with Gasteiger partial charge in [-0.3, -0.25) is 6.08 Å². The zero-order valence-electron chi connectivity index (χ0n) is 22.0. The van der Waals surface area contributed by atoms with E-state index in [2.05, 4.69) is 53.4 Å². The Morgan fingerprint density at radius 2 is 0.886 bits per heavy atom. The van der Waals surface area contributed by atoms with E-state index in [0.29, 0.717) is 17.2 Å². The first-order valence-electron chi connectivity index (χ1n) is 11.4. The van der Waals surface area contributed by atoms with E-state index in [0.717, 1.165) is 0 Å². The van der Waals surface area contributed by atoms with Gasteiger partial charge in [0.1, 0.15) is 17.2 Å². The van der Waals surface area contributed by atoms with Crippen LogP contribution in [0.3, 0.4) is 0 Å². The zero-order valence-corrected chi connectivity index (χ0v) is 25.5. The largest absolute Gasteiger partial charge is 0.508 e. The van der Waals surface area contributed by atoms with Crippen LogP contribution in [-0.4, -0.2) is 23.4 Å². The first kappa shape index (κ1) is 32.6. The van der Waals surface area contributed by atoms with Crippen molar-refractivity contribution < 1.29 is 41.5 Å². The molecule has 0 saturated heterocycles. The SMILES string of the molecule is CC1=[C-]C(C)([Si](C)(C)C)C(C)=C1C.Oc1ccccc1.Oc1ccccc1.Oc1ccccc1.[Zr]. The van der Waals surface area contributed by atoms with Gasteiger partial charge in [-0.15, -0.1) is 6.92 Å². The van der Waals surface area contributed by atoms with Gasteiger partial charge in [0.2, 0.25) is 0 Å². The van der Waals surface area contributed by atoms with Gasteiger partial charge >= 0.3 is 0 Å². The second-order valence-corrected chi connectivity index (χ2v) is 14.9. The molecule has 0 heterocycles. The second kappa shape index (κ2) is 15.6. The molecular formula is C30H39O3SiZr-. The summed E-state index contributed by atoms with van der Waals surface area (Å²) in [5.74, 6) is 0.965. The third kappa shape index (κ3) is 11.3. The van der Waals surface area contributed by atoms with Gasteiger partial charge < -0.3 is 15.3 Å². The normalized spacial score (nSPS) is 16.1. The maximum Gasteiger partial charge on any atom is 0.115 e. The summed E-state index contributed by atoms with van der Waals surface area (Å²) in [5.41, 5.74) is 4.37. The number of phenols is 3. The van der Waals surface area contributed by atoms with Gasteiger partial charge in [-0.1, -0.05) is 100 Å². The smallest absolute Gasteiger partial charge is 0.115 e. The fraction of sp³-hybridized carbons (Fsp3) is 0.267. The van der Waals surface area contributed by atoms with Crippen LogP contribution in [0, 0.1) is 6.08 Å². The van der Waals surface area contributed by atoms with Gasteiger partial charge in [0.25, 0.3) is 0 Å². The molecule has 0 aliphatic heterocycles. The molecular weight excluding hydrogens is 528 g/mol. The van der Waals surface area contributed by atoms with Crippen LogP contribution in [0.25, 0.3) is 0 Å². The van der Waals surface area contributed by atoms with E-state index in [1.54, 1.807) is 78.4 Å². The summed E-state index contributed by atoms with van der Waals surface area (Å²) in [5, 5.41) is 26.2. The van der Waals surface area contributed by atoms with Crippen molar-refractivity contribution in [2.45, 2.75) is 52.4 Å². The van der Waals surface area contributed by atoms with Crippen LogP contribution in [0.15, 0.2) is 108 Å². The molecule has 1 unspecified atom stereocenters. The molecule has 4 rings (SSSR count). The fourth-order valence-electron chi connectivity index (χ4n) is 3.25. The molecule has 0 fully saturated rings. The van der Waals surface area contributed by atoms with E-state index < -0.39 is 8.07 Å². The molecule has 0 amide bonds. The Bertz CT molecular complexity index is 954. The predicted octanol–water partition coefficient (Wildman–Crippen LogP) is 8.36. The second-order valence-electron chi connectivity index (χ2n) is 9.38. The molecule has 3 aromatic carbocycles. The number of rotatable bonds is 1. The van der Waals surface area contributed by atoms with Crippen LogP contribution < -0.4 is 0 Å². The molecule has 3 aromatic rings. The molecule has 1 aliphatic carbocycles. The van der Waals surface area contributed by atoms with Crippen molar-refractivity contribution in [3.63, 3.8) is 0 Å². The Balaban J connectivity index is 0.000000456. The Morgan fingerprint density at radius 3 is 1.00 bits per heavy atom. The number of phenolic OH excluding ortho intramolecular Hbond substituents is 3. The maximum atomic E-state index is 8.63. The van der Waals surface area contributed by atoms with E-state index in [1.165, 1.54) is 11.1 Å². The Labute approximate surface area is 232 Å². The number of aromatic hydroxyl groups is 3. The average molecular weight is 567 g/mol. The summed E-state index contributed by atoms with van der Waals surface area (Å²) < 4.78 is 0. The van der Waals surface area contributed by atoms with Gasteiger partial charge in [0, 0.05) is 34.3 Å². The topological polar surface area (TPSA) is 60.7 Å². The van der Waals surface area contributed by atoms with Crippen molar-refractivity contribution in [1.29, 1.82) is 0 Å². The molecule has 3 nitrogen and oxygen atoms in total. The van der Waals surface area contributed by atoms with Crippen LogP contribution in [0.1, 0.15) is 27.7 Å². The van der Waals surface area contributed by atoms with Crippen LogP contribution >= 0.6 is 0 Å². The molecule has 0 saturated carbocycles. The summed E-state index contributed by atoms with van der Waals surface area (Å²) in [6.07, 6.45) is 3.67. The minimum Gasteiger partial charge on any atom is -0.508 e. The minimum atomic E-state index is -1.18. The molecule has 0 spiro atoms. The van der Waals surface area contributed by atoms with E-state index in [-0.39, 0.29) is 31.2 Å². The van der Waals surface area contributed by atoms with Crippen LogP contribution in [0.2, 0.25) is 24.7 Å². The molecule has 1 atom stereocenters. The van der Waals surface area contributed by atoms with Gasteiger partial charge in [0.15, 0.2) is 0 Å². The third-order valence-corrected chi connectivity index (χ3v) is 9.58. The van der Waals surface area contributed by atoms with E-state index in [1.807, 2.05) is 18.2 Å². The van der Waals surface area contributed by atoms with Gasteiger partial charge in [-0.2, -0.15) is 11.1 Å². The standard InChI is InChI=1S/C12H21Si.3C6H6O.Zr/c1-9-8-12(4,13(5,6)7)11(3)10(9)2;3*7-6-4-2-1-3-5-6;/h1-7H3;3*1-5,7H;/q-1;;;;. The van der Waals surface area contributed by atoms with Gasteiger partial charge in [-0.05, 0) is 36.4 Å². The quantitative estimate of drug-likeness (QED) is 0.205. The van der Waals surface area contributed by atoms with Crippen molar-refractivity contribution in [1.82, 2.24) is 0 Å². The first-order valence-corrected chi connectivity index (χ1v) is 14.9. The van der Waals surface area contributed by atoms with Crippen LogP contribution in [0.5, 0.6) is 17.2 Å². The summed E-state index contributed by atoms with van der Waals surface area (Å²) in [6, 6.07) is 26.1. The van der Waals surface area contributed by atoms with Crippen LogP contribution in [0.4, 0.5) is 0 Å². The molecule has 0 bridgehead atoms. The van der Waals surface area contributed by atoms with Gasteiger partial charge in [0.05, 0.1) is 0 Å². The van der Waals surface area contributed by atoms with Crippen molar-refractivity contribution in [2.24, 2.45) is 0 Å². The summed E-state index contributed by atoms with van der Waals surface area (Å²) in [4.78, 5) is 0. The Hall–Kier alpha value is -2.36. The number of allylic oxidation sites excluding steroid dienone is 4. The molecule has 1 aliphatic rings. The monoisotopic (exact) mass is 565 g/mol. The zero-order chi connectivity index (χ0) is 25.8. The number of hydrogen-bond acceptors (Lipinski definition) is 3. The summed E-state index contributed by atoms with van der Waals surface area (Å²) in [6.45, 7) is 16.3. The van der Waals surface area contributed by atoms with Crippen molar-refractivity contribution in [3.05, 3.63) is 114 Å². The average Bonchev–Trinajstić information content (AvgIpc) is 3.00. The fourth-order valence-corrected chi connectivity index (χ4v) is 5.13. The van der Waals surface area contributed by atoms with Crippen molar-refractivity contribution in [3.8, 4) is 17.2 Å². The van der Waals surface area contributed by atoms with Crippen molar-refractivity contribution in [2.75, 3.05) is 0 Å². The van der Waals surface area contributed by atoms with Gasteiger partial charge in [-0.25, -0.2) is 5.57 Å². The molecule has 0 radical (unpaired) electrons. The van der Waals surface area contributed by atoms with E-state index in [4.69, 9.17) is 15.3 Å². The molecule has 0 aromatic heterocycles. The summed E-state index contributed by atoms with van der Waals surface area (Å²) in [7, 11) is -1.18. The number of benzene rings is 3.